The Morgan fingerprint density at radius 2 is 2.11 bits per heavy atom. The first-order valence-electron chi connectivity index (χ1n) is 8.98. The lowest BCUT2D eigenvalue weighted by molar-refractivity contribution is 0.0832. The molecule has 138 valence electrons. The molecule has 6 nitrogen and oxygen atoms in total. The van der Waals surface area contributed by atoms with Crippen molar-refractivity contribution in [1.82, 2.24) is 14.5 Å². The highest BCUT2D eigenvalue weighted by atomic mass is 32.1. The highest BCUT2D eigenvalue weighted by Gasteiger charge is 2.25. The van der Waals surface area contributed by atoms with Crippen molar-refractivity contribution in [1.29, 1.82) is 5.26 Å². The fraction of sp³-hybridized carbons (Fsp3) is 0.350. The Morgan fingerprint density at radius 3 is 2.78 bits per heavy atom. The Kier molecular flexibility index (Phi) is 4.36. The second kappa shape index (κ2) is 6.71. The largest absolute Gasteiger partial charge is 0.344 e. The minimum atomic E-state index is -0.206. The van der Waals surface area contributed by atoms with E-state index in [1.165, 1.54) is 22.4 Å². The minimum Gasteiger partial charge on any atom is -0.344 e. The summed E-state index contributed by atoms with van der Waals surface area (Å²) in [5, 5.41) is 12.0. The van der Waals surface area contributed by atoms with E-state index in [-0.39, 0.29) is 11.5 Å². The highest BCUT2D eigenvalue weighted by molar-refractivity contribution is 7.12. The highest BCUT2D eigenvalue weighted by Crippen LogP contribution is 2.38. The molecule has 3 aromatic rings. The summed E-state index contributed by atoms with van der Waals surface area (Å²) in [6, 6.07) is 4.35. The van der Waals surface area contributed by atoms with Crippen molar-refractivity contribution in [3.63, 3.8) is 0 Å². The fourth-order valence-corrected chi connectivity index (χ4v) is 4.82. The molecule has 1 fully saturated rings. The van der Waals surface area contributed by atoms with Gasteiger partial charge in [-0.2, -0.15) is 5.26 Å². The van der Waals surface area contributed by atoms with Gasteiger partial charge in [0.2, 0.25) is 0 Å². The maximum absolute atomic E-state index is 12.7. The number of thiophene rings is 1. The van der Waals surface area contributed by atoms with E-state index < -0.39 is 0 Å². The number of hydrogen-bond acceptors (Lipinski definition) is 4. The second-order valence-corrected chi connectivity index (χ2v) is 8.07. The van der Waals surface area contributed by atoms with E-state index in [2.05, 4.69) is 15.6 Å². The molecule has 1 amide bonds. The van der Waals surface area contributed by atoms with Crippen LogP contribution in [-0.2, 0) is 0 Å². The van der Waals surface area contributed by atoms with Gasteiger partial charge in [-0.15, -0.1) is 11.3 Å². The lowest BCUT2D eigenvalue weighted by atomic mass is 10.1. The first kappa shape index (κ1) is 17.6. The number of carbonyl (C=O) groups excluding carboxylic acids is 1. The van der Waals surface area contributed by atoms with Gasteiger partial charge in [0.25, 0.3) is 11.5 Å². The number of nitriles is 1. The van der Waals surface area contributed by atoms with Gasteiger partial charge in [-0.1, -0.05) is 12.8 Å². The molecule has 4 rings (SSSR count). The summed E-state index contributed by atoms with van der Waals surface area (Å²) in [5.41, 5.74) is 2.59. The van der Waals surface area contributed by atoms with Crippen LogP contribution in [0.3, 0.4) is 0 Å². The van der Waals surface area contributed by atoms with E-state index in [4.69, 9.17) is 0 Å². The summed E-state index contributed by atoms with van der Waals surface area (Å²) in [6.07, 6.45) is 7.90. The number of nitrogens with zero attached hydrogens (tertiary/aromatic N) is 3. The van der Waals surface area contributed by atoms with Crippen LogP contribution >= 0.6 is 11.3 Å². The molecule has 0 aromatic carbocycles. The third-order valence-electron chi connectivity index (χ3n) is 5.23. The zero-order chi connectivity index (χ0) is 19.1. The van der Waals surface area contributed by atoms with Gasteiger partial charge in [0.05, 0.1) is 21.3 Å². The van der Waals surface area contributed by atoms with Crippen LogP contribution in [0.1, 0.15) is 47.0 Å². The summed E-state index contributed by atoms with van der Waals surface area (Å²) in [7, 11) is 3.44. The lowest BCUT2D eigenvalue weighted by Crippen LogP contribution is -2.20. The molecule has 0 atom stereocenters. The Hall–Kier alpha value is -2.85. The summed E-state index contributed by atoms with van der Waals surface area (Å²) in [6.45, 7) is 0. The Bertz CT molecular complexity index is 1120. The summed E-state index contributed by atoms with van der Waals surface area (Å²) >= 11 is 1.37. The molecule has 1 aliphatic carbocycles. The van der Waals surface area contributed by atoms with Crippen molar-refractivity contribution in [3.8, 4) is 17.2 Å². The normalized spacial score (nSPS) is 14.6. The predicted molar refractivity (Wildman–Crippen MR) is 106 cm³/mol. The Balaban J connectivity index is 1.95. The van der Waals surface area contributed by atoms with Crippen LogP contribution in [-0.4, -0.2) is 34.5 Å². The van der Waals surface area contributed by atoms with Crippen molar-refractivity contribution in [2.24, 2.45) is 0 Å². The van der Waals surface area contributed by atoms with Gasteiger partial charge in [0.1, 0.15) is 6.07 Å². The van der Waals surface area contributed by atoms with Gasteiger partial charge in [-0.25, -0.2) is 0 Å². The molecule has 3 heterocycles. The number of aromatic amines is 1. The summed E-state index contributed by atoms with van der Waals surface area (Å²) in [5.74, 6) is -0.0580. The first-order chi connectivity index (χ1) is 13.0. The standard InChI is InChI=1S/C20H20N4O2S/c1-23(2)20(26)16-7-12(11-27-16)15-10-24(14-5-3-4-6-14)18-13(8-21)9-22-19(25)17(15)18/h7,9-11,14H,3-6H2,1-2H3,(H,22,25). The molecule has 0 unspecified atom stereocenters. The monoisotopic (exact) mass is 380 g/mol. The quantitative estimate of drug-likeness (QED) is 0.751. The van der Waals surface area contributed by atoms with Gasteiger partial charge in [0.15, 0.2) is 0 Å². The number of pyridine rings is 1. The van der Waals surface area contributed by atoms with E-state index in [1.807, 2.05) is 17.6 Å². The van der Waals surface area contributed by atoms with Gasteiger partial charge >= 0.3 is 0 Å². The average Bonchev–Trinajstić information content (AvgIpc) is 3.39. The van der Waals surface area contributed by atoms with Crippen LogP contribution in [0.5, 0.6) is 0 Å². The van der Waals surface area contributed by atoms with Crippen LogP contribution in [0.2, 0.25) is 0 Å². The van der Waals surface area contributed by atoms with Crippen molar-refractivity contribution in [3.05, 3.63) is 44.6 Å². The molecule has 0 radical (unpaired) electrons. The number of carbonyl (C=O) groups is 1. The van der Waals surface area contributed by atoms with Crippen LogP contribution in [0, 0.1) is 11.3 Å². The third kappa shape index (κ3) is 2.86. The number of fused-ring (bicyclic) bond motifs is 1. The minimum absolute atomic E-state index is 0.0580. The molecule has 7 heteroatoms. The van der Waals surface area contributed by atoms with Gasteiger partial charge in [-0.3, -0.25) is 9.59 Å². The molecule has 0 bridgehead atoms. The number of hydrogen-bond donors (Lipinski definition) is 1. The molecular weight excluding hydrogens is 360 g/mol. The zero-order valence-corrected chi connectivity index (χ0v) is 16.1. The van der Waals surface area contributed by atoms with Gasteiger partial charge in [-0.05, 0) is 29.9 Å². The number of aromatic nitrogens is 2. The molecule has 1 saturated carbocycles. The van der Waals surface area contributed by atoms with E-state index in [9.17, 15) is 14.9 Å². The fourth-order valence-electron chi connectivity index (χ4n) is 3.89. The third-order valence-corrected chi connectivity index (χ3v) is 6.15. The molecule has 0 aliphatic heterocycles. The van der Waals surface area contributed by atoms with E-state index in [1.54, 1.807) is 14.1 Å². The van der Waals surface area contributed by atoms with Crippen molar-refractivity contribution >= 4 is 28.1 Å². The molecular formula is C20H20N4O2S. The van der Waals surface area contributed by atoms with Crippen molar-refractivity contribution < 1.29 is 4.79 Å². The van der Waals surface area contributed by atoms with Gasteiger partial charge < -0.3 is 14.5 Å². The van der Waals surface area contributed by atoms with E-state index in [0.717, 1.165) is 36.8 Å². The van der Waals surface area contributed by atoms with E-state index in [0.29, 0.717) is 27.4 Å². The number of nitrogens with one attached hydrogen (secondary N) is 1. The van der Waals surface area contributed by atoms with Crippen LogP contribution in [0.25, 0.3) is 22.0 Å². The van der Waals surface area contributed by atoms with Crippen LogP contribution < -0.4 is 5.56 Å². The summed E-state index contributed by atoms with van der Waals surface area (Å²) < 4.78 is 2.11. The molecule has 3 aromatic heterocycles. The molecule has 1 aliphatic rings. The lowest BCUT2D eigenvalue weighted by Gasteiger charge is -2.13. The maximum Gasteiger partial charge on any atom is 0.263 e. The van der Waals surface area contributed by atoms with Gasteiger partial charge in [0, 0.05) is 38.1 Å². The molecule has 27 heavy (non-hydrogen) atoms. The van der Waals surface area contributed by atoms with Crippen molar-refractivity contribution in [2.75, 3.05) is 14.1 Å². The molecule has 1 N–H and O–H groups in total. The number of rotatable bonds is 3. The molecule has 0 saturated heterocycles. The smallest absolute Gasteiger partial charge is 0.263 e. The van der Waals surface area contributed by atoms with Crippen LogP contribution in [0.4, 0.5) is 0 Å². The molecule has 0 spiro atoms. The number of H-pyrrole nitrogens is 1. The summed E-state index contributed by atoms with van der Waals surface area (Å²) in [4.78, 5) is 29.8. The van der Waals surface area contributed by atoms with Crippen molar-refractivity contribution in [2.45, 2.75) is 31.7 Å². The second-order valence-electron chi connectivity index (χ2n) is 7.15. The number of amides is 1. The zero-order valence-electron chi connectivity index (χ0n) is 15.3. The Morgan fingerprint density at radius 1 is 1.37 bits per heavy atom. The maximum atomic E-state index is 12.7. The predicted octanol–water partition coefficient (Wildman–Crippen LogP) is 3.75. The Labute approximate surface area is 160 Å². The average molecular weight is 380 g/mol. The SMILES string of the molecule is CN(C)C(=O)c1cc(-c2cn(C3CCCC3)c3c(C#N)c[nH]c(=O)c23)cs1. The topological polar surface area (TPSA) is 81.9 Å². The first-order valence-corrected chi connectivity index (χ1v) is 9.86. The van der Waals surface area contributed by atoms with E-state index >= 15 is 0 Å². The van der Waals surface area contributed by atoms with Crippen LogP contribution in [0.15, 0.2) is 28.6 Å².